The first-order valence-corrected chi connectivity index (χ1v) is 7.07. The van der Waals surface area contributed by atoms with Crippen LogP contribution in [0.4, 0.5) is 0 Å². The number of fused-ring (bicyclic) bond motifs is 1. The quantitative estimate of drug-likeness (QED) is 0.812. The Kier molecular flexibility index (Phi) is 4.61. The molecule has 0 saturated heterocycles. The summed E-state index contributed by atoms with van der Waals surface area (Å²) in [6.45, 7) is 2.18. The Bertz CT molecular complexity index is 345. The van der Waals surface area contributed by atoms with E-state index in [1.165, 1.54) is 36.8 Å². The van der Waals surface area contributed by atoms with E-state index in [0.717, 1.165) is 19.3 Å². The molecule has 1 aromatic carbocycles. The molecule has 0 bridgehead atoms. The van der Waals surface area contributed by atoms with Crippen LogP contribution in [0, 0.1) is 0 Å². The first kappa shape index (κ1) is 12.6. The van der Waals surface area contributed by atoms with E-state index in [-0.39, 0.29) is 6.10 Å². The molecule has 1 aliphatic carbocycles. The highest BCUT2D eigenvalue weighted by Gasteiger charge is 2.21. The van der Waals surface area contributed by atoms with Gasteiger partial charge in [-0.15, -0.1) is 0 Å². The van der Waals surface area contributed by atoms with Crippen molar-refractivity contribution in [2.75, 3.05) is 0 Å². The van der Waals surface area contributed by atoms with Gasteiger partial charge in [-0.05, 0) is 49.1 Å². The molecule has 0 heterocycles. The van der Waals surface area contributed by atoms with Crippen LogP contribution in [-0.4, -0.2) is 11.2 Å². The fourth-order valence-electron chi connectivity index (χ4n) is 2.99. The van der Waals surface area contributed by atoms with Crippen LogP contribution < -0.4 is 0 Å². The van der Waals surface area contributed by atoms with Crippen molar-refractivity contribution in [3.63, 3.8) is 0 Å². The number of unbranched alkanes of at least 4 members (excludes halogenated alkanes) is 1. The molecule has 0 spiro atoms. The highest BCUT2D eigenvalue weighted by Crippen LogP contribution is 2.35. The molecule has 17 heavy (non-hydrogen) atoms. The number of hydrogen-bond acceptors (Lipinski definition) is 1. The second-order valence-corrected chi connectivity index (χ2v) is 5.32. The molecule has 2 rings (SSSR count). The number of hydrogen-bond donors (Lipinski definition) is 1. The van der Waals surface area contributed by atoms with Crippen LogP contribution in [0.25, 0.3) is 0 Å². The van der Waals surface area contributed by atoms with Gasteiger partial charge in [0.25, 0.3) is 0 Å². The molecule has 1 aromatic rings. The lowest BCUT2D eigenvalue weighted by molar-refractivity contribution is 0.139. The van der Waals surface area contributed by atoms with E-state index in [4.69, 9.17) is 0 Å². The molecule has 0 fully saturated rings. The number of aliphatic hydroxyl groups is 1. The normalized spacial score (nSPS) is 20.9. The van der Waals surface area contributed by atoms with Crippen LogP contribution >= 0.6 is 0 Å². The zero-order valence-electron chi connectivity index (χ0n) is 10.9. The van der Waals surface area contributed by atoms with E-state index >= 15 is 0 Å². The van der Waals surface area contributed by atoms with Crippen molar-refractivity contribution in [3.05, 3.63) is 35.4 Å². The average Bonchev–Trinajstić information content (AvgIpc) is 2.37. The Morgan fingerprint density at radius 1 is 1.35 bits per heavy atom. The maximum absolute atomic E-state index is 10.1. The summed E-state index contributed by atoms with van der Waals surface area (Å²) in [5.74, 6) is 0.590. The minimum Gasteiger partial charge on any atom is -0.393 e. The lowest BCUT2D eigenvalue weighted by Gasteiger charge is -2.27. The Balaban J connectivity index is 1.98. The molecule has 1 N–H and O–H groups in total. The maximum Gasteiger partial charge on any atom is 0.0546 e. The summed E-state index contributed by atoms with van der Waals surface area (Å²) in [5.41, 5.74) is 3.00. The van der Waals surface area contributed by atoms with Crippen LogP contribution in [0.1, 0.15) is 62.5 Å². The molecule has 2 unspecified atom stereocenters. The SMILES string of the molecule is CCCCC(O)CC1CCCc2ccccc21. The Labute approximate surface area is 105 Å². The molecular formula is C16H24O. The van der Waals surface area contributed by atoms with Crippen molar-refractivity contribution in [3.8, 4) is 0 Å². The van der Waals surface area contributed by atoms with Crippen LogP contribution in [0.5, 0.6) is 0 Å². The van der Waals surface area contributed by atoms with Gasteiger partial charge in [0.1, 0.15) is 0 Å². The summed E-state index contributed by atoms with van der Waals surface area (Å²) in [4.78, 5) is 0. The summed E-state index contributed by atoms with van der Waals surface area (Å²) >= 11 is 0. The molecule has 0 saturated carbocycles. The van der Waals surface area contributed by atoms with Crippen LogP contribution in [0.3, 0.4) is 0 Å². The second kappa shape index (κ2) is 6.20. The molecule has 1 aliphatic rings. The van der Waals surface area contributed by atoms with E-state index in [1.54, 1.807) is 0 Å². The molecule has 1 heteroatoms. The molecular weight excluding hydrogens is 208 g/mol. The highest BCUT2D eigenvalue weighted by molar-refractivity contribution is 5.32. The van der Waals surface area contributed by atoms with Crippen molar-refractivity contribution in [2.24, 2.45) is 0 Å². The minimum atomic E-state index is -0.105. The van der Waals surface area contributed by atoms with E-state index in [0.29, 0.717) is 5.92 Å². The fraction of sp³-hybridized carbons (Fsp3) is 0.625. The topological polar surface area (TPSA) is 20.2 Å². The van der Waals surface area contributed by atoms with Crippen LogP contribution in [0.2, 0.25) is 0 Å². The average molecular weight is 232 g/mol. The van der Waals surface area contributed by atoms with E-state index in [9.17, 15) is 5.11 Å². The summed E-state index contributed by atoms with van der Waals surface area (Å²) in [6, 6.07) is 8.77. The third-order valence-electron chi connectivity index (χ3n) is 3.94. The van der Waals surface area contributed by atoms with Crippen molar-refractivity contribution >= 4 is 0 Å². The van der Waals surface area contributed by atoms with Crippen molar-refractivity contribution in [1.82, 2.24) is 0 Å². The van der Waals surface area contributed by atoms with Crippen molar-refractivity contribution in [2.45, 2.75) is 63.9 Å². The minimum absolute atomic E-state index is 0.105. The fourth-order valence-corrected chi connectivity index (χ4v) is 2.99. The largest absolute Gasteiger partial charge is 0.393 e. The number of rotatable bonds is 5. The van der Waals surface area contributed by atoms with Gasteiger partial charge in [-0.1, -0.05) is 44.0 Å². The van der Waals surface area contributed by atoms with Gasteiger partial charge >= 0.3 is 0 Å². The van der Waals surface area contributed by atoms with E-state index < -0.39 is 0 Å². The zero-order valence-corrected chi connectivity index (χ0v) is 10.9. The molecule has 2 atom stereocenters. The second-order valence-electron chi connectivity index (χ2n) is 5.32. The summed E-state index contributed by atoms with van der Waals surface area (Å²) in [6.07, 6.45) is 7.89. The Hall–Kier alpha value is -0.820. The molecule has 0 amide bonds. The third-order valence-corrected chi connectivity index (χ3v) is 3.94. The monoisotopic (exact) mass is 232 g/mol. The van der Waals surface area contributed by atoms with Gasteiger partial charge in [0.2, 0.25) is 0 Å². The summed E-state index contributed by atoms with van der Waals surface area (Å²) in [7, 11) is 0. The van der Waals surface area contributed by atoms with Gasteiger partial charge < -0.3 is 5.11 Å². The highest BCUT2D eigenvalue weighted by atomic mass is 16.3. The van der Waals surface area contributed by atoms with Crippen molar-refractivity contribution in [1.29, 1.82) is 0 Å². The number of aryl methyl sites for hydroxylation is 1. The predicted octanol–water partition coefficient (Wildman–Crippen LogP) is 4.05. The van der Waals surface area contributed by atoms with Crippen LogP contribution in [0.15, 0.2) is 24.3 Å². The maximum atomic E-state index is 10.1. The molecule has 0 aromatic heterocycles. The number of aliphatic hydroxyl groups excluding tert-OH is 1. The van der Waals surface area contributed by atoms with Gasteiger partial charge in [-0.3, -0.25) is 0 Å². The van der Waals surface area contributed by atoms with Gasteiger partial charge in [0.15, 0.2) is 0 Å². The summed E-state index contributed by atoms with van der Waals surface area (Å²) < 4.78 is 0. The van der Waals surface area contributed by atoms with Gasteiger partial charge in [-0.2, -0.15) is 0 Å². The van der Waals surface area contributed by atoms with Crippen LogP contribution in [-0.2, 0) is 6.42 Å². The van der Waals surface area contributed by atoms with Gasteiger partial charge in [0.05, 0.1) is 6.10 Å². The first-order chi connectivity index (χ1) is 8.31. The van der Waals surface area contributed by atoms with Gasteiger partial charge in [0, 0.05) is 0 Å². The van der Waals surface area contributed by atoms with Crippen molar-refractivity contribution < 1.29 is 5.11 Å². The standard InChI is InChI=1S/C16H24O/c1-2-3-10-15(17)12-14-9-6-8-13-7-4-5-11-16(13)14/h4-5,7,11,14-15,17H,2-3,6,8-10,12H2,1H3. The third kappa shape index (κ3) is 3.32. The molecule has 1 nitrogen and oxygen atoms in total. The summed E-state index contributed by atoms with van der Waals surface area (Å²) in [5, 5.41) is 10.1. The molecule has 94 valence electrons. The Morgan fingerprint density at radius 2 is 2.18 bits per heavy atom. The van der Waals surface area contributed by atoms with E-state index in [1.807, 2.05) is 0 Å². The zero-order chi connectivity index (χ0) is 12.1. The Morgan fingerprint density at radius 3 is 3.00 bits per heavy atom. The predicted molar refractivity (Wildman–Crippen MR) is 72.3 cm³/mol. The first-order valence-electron chi connectivity index (χ1n) is 7.07. The molecule has 0 radical (unpaired) electrons. The van der Waals surface area contributed by atoms with E-state index in [2.05, 4.69) is 31.2 Å². The number of benzene rings is 1. The smallest absolute Gasteiger partial charge is 0.0546 e. The lowest BCUT2D eigenvalue weighted by Crippen LogP contribution is -2.16. The van der Waals surface area contributed by atoms with Gasteiger partial charge in [-0.25, -0.2) is 0 Å². The molecule has 0 aliphatic heterocycles. The lowest BCUT2D eigenvalue weighted by atomic mass is 9.79.